The van der Waals surface area contributed by atoms with Crippen LogP contribution >= 0.6 is 0 Å². The van der Waals surface area contributed by atoms with Gasteiger partial charge in [0.15, 0.2) is 0 Å². The Bertz CT molecular complexity index is 790. The van der Waals surface area contributed by atoms with E-state index < -0.39 is 33.5 Å². The van der Waals surface area contributed by atoms with Crippen LogP contribution in [0.2, 0.25) is 0 Å². The summed E-state index contributed by atoms with van der Waals surface area (Å²) in [5, 5.41) is 4.97. The van der Waals surface area contributed by atoms with Crippen LogP contribution in [0.15, 0.2) is 53.4 Å². The van der Waals surface area contributed by atoms with E-state index in [1.807, 2.05) is 6.07 Å². The van der Waals surface area contributed by atoms with E-state index in [4.69, 9.17) is 9.88 Å². The van der Waals surface area contributed by atoms with E-state index in [2.05, 4.69) is 0 Å². The minimum absolute atomic E-state index is 0.354. The van der Waals surface area contributed by atoms with Crippen molar-refractivity contribution < 1.29 is 22.3 Å². The monoisotopic (exact) mass is 323 g/mol. The number of carbonyl (C=O) groups is 1. The first-order valence-electron chi connectivity index (χ1n) is 6.37. The molecular formula is C15H14FNO4S. The van der Waals surface area contributed by atoms with Crippen molar-refractivity contribution in [1.29, 1.82) is 0 Å². The molecule has 5 nitrogen and oxygen atoms in total. The van der Waals surface area contributed by atoms with Gasteiger partial charge in [0.1, 0.15) is 11.9 Å². The fourth-order valence-electron chi connectivity index (χ4n) is 1.85. The van der Waals surface area contributed by atoms with E-state index in [-0.39, 0.29) is 4.90 Å². The zero-order chi connectivity index (χ0) is 16.3. The average Bonchev–Trinajstić information content (AvgIpc) is 2.47. The Labute approximate surface area is 127 Å². The highest BCUT2D eigenvalue weighted by molar-refractivity contribution is 7.89. The van der Waals surface area contributed by atoms with Gasteiger partial charge in [-0.15, -0.1) is 0 Å². The number of hydrogen-bond donors (Lipinski definition) is 1. The van der Waals surface area contributed by atoms with Crippen molar-refractivity contribution in [2.75, 3.05) is 0 Å². The smallest absolute Gasteiger partial charge is 0.341 e. The Morgan fingerprint density at radius 2 is 1.82 bits per heavy atom. The van der Waals surface area contributed by atoms with Crippen LogP contribution in [-0.2, 0) is 14.8 Å². The van der Waals surface area contributed by atoms with Crippen LogP contribution in [0.25, 0.3) is 0 Å². The van der Waals surface area contributed by atoms with E-state index in [0.717, 1.165) is 23.8 Å². The maximum atomic E-state index is 13.7. The van der Waals surface area contributed by atoms with Crippen LogP contribution in [0.4, 0.5) is 4.39 Å². The zero-order valence-electron chi connectivity index (χ0n) is 11.7. The van der Waals surface area contributed by atoms with Gasteiger partial charge in [-0.05, 0) is 30.7 Å². The number of primary sulfonamides is 1. The predicted molar refractivity (Wildman–Crippen MR) is 78.0 cm³/mol. The molecule has 2 rings (SSSR count). The summed E-state index contributed by atoms with van der Waals surface area (Å²) in [4.78, 5) is 11.7. The van der Waals surface area contributed by atoms with E-state index >= 15 is 0 Å². The molecule has 0 radical (unpaired) electrons. The molecule has 0 aliphatic rings. The van der Waals surface area contributed by atoms with Crippen LogP contribution in [-0.4, -0.2) is 14.4 Å². The second kappa shape index (κ2) is 6.25. The Kier molecular flexibility index (Phi) is 4.58. The fraction of sp³-hybridized carbons (Fsp3) is 0.133. The minimum atomic E-state index is -4.03. The topological polar surface area (TPSA) is 86.5 Å². The van der Waals surface area contributed by atoms with Gasteiger partial charge in [-0.2, -0.15) is 0 Å². The van der Waals surface area contributed by atoms with Gasteiger partial charge in [-0.3, -0.25) is 0 Å². The van der Waals surface area contributed by atoms with Crippen molar-refractivity contribution in [3.8, 4) is 0 Å². The zero-order valence-corrected chi connectivity index (χ0v) is 12.5. The lowest BCUT2D eigenvalue weighted by Crippen LogP contribution is -2.15. The standard InChI is InChI=1S/C15H14FNO4S/c1-10(11-5-3-2-4-6-11)21-15(18)13-9-12(22(17,19)20)7-8-14(13)16/h2-10H,1H3,(H2,17,19,20)/t10-/m0/s1. The normalized spacial score (nSPS) is 12.7. The highest BCUT2D eigenvalue weighted by atomic mass is 32.2. The summed E-state index contributed by atoms with van der Waals surface area (Å²) in [7, 11) is -4.03. The van der Waals surface area contributed by atoms with Gasteiger partial charge in [0.05, 0.1) is 10.5 Å². The summed E-state index contributed by atoms with van der Waals surface area (Å²) >= 11 is 0. The maximum absolute atomic E-state index is 13.7. The van der Waals surface area contributed by atoms with Gasteiger partial charge in [-0.25, -0.2) is 22.7 Å². The summed E-state index contributed by atoms with van der Waals surface area (Å²) in [6.45, 7) is 1.63. The van der Waals surface area contributed by atoms with Gasteiger partial charge >= 0.3 is 5.97 Å². The van der Waals surface area contributed by atoms with Gasteiger partial charge in [0.25, 0.3) is 0 Å². The number of rotatable bonds is 4. The lowest BCUT2D eigenvalue weighted by atomic mass is 10.1. The molecule has 2 aromatic rings. The van der Waals surface area contributed by atoms with Crippen LogP contribution in [0.1, 0.15) is 28.9 Å². The third kappa shape index (κ3) is 3.69. The van der Waals surface area contributed by atoms with Crippen molar-refractivity contribution in [2.24, 2.45) is 5.14 Å². The van der Waals surface area contributed by atoms with E-state index in [1.165, 1.54) is 0 Å². The second-order valence-electron chi connectivity index (χ2n) is 4.64. The number of carbonyl (C=O) groups excluding carboxylic acids is 1. The number of halogens is 1. The van der Waals surface area contributed by atoms with E-state index in [0.29, 0.717) is 0 Å². The molecule has 0 aliphatic heterocycles. The summed E-state index contributed by atoms with van der Waals surface area (Å²) in [6, 6.07) is 11.6. The van der Waals surface area contributed by atoms with Crippen molar-refractivity contribution >= 4 is 16.0 Å². The third-order valence-electron chi connectivity index (χ3n) is 3.04. The Morgan fingerprint density at radius 3 is 2.41 bits per heavy atom. The first-order valence-corrected chi connectivity index (χ1v) is 7.92. The number of esters is 1. The lowest BCUT2D eigenvalue weighted by molar-refractivity contribution is 0.0332. The molecule has 0 saturated carbocycles. The van der Waals surface area contributed by atoms with Gasteiger partial charge in [0.2, 0.25) is 10.0 Å². The van der Waals surface area contributed by atoms with Gasteiger partial charge in [0, 0.05) is 0 Å². The molecule has 0 aromatic heterocycles. The van der Waals surface area contributed by atoms with Gasteiger partial charge in [-0.1, -0.05) is 30.3 Å². The van der Waals surface area contributed by atoms with E-state index in [1.54, 1.807) is 31.2 Å². The molecule has 116 valence electrons. The minimum Gasteiger partial charge on any atom is -0.454 e. The molecule has 0 amide bonds. The summed E-state index contributed by atoms with van der Waals surface area (Å²) in [5.74, 6) is -1.84. The molecular weight excluding hydrogens is 309 g/mol. The molecule has 2 N–H and O–H groups in total. The molecule has 2 aromatic carbocycles. The molecule has 0 aliphatic carbocycles. The number of benzene rings is 2. The predicted octanol–water partition coefficient (Wildman–Crippen LogP) is 2.39. The molecule has 1 atom stereocenters. The number of hydrogen-bond acceptors (Lipinski definition) is 4. The molecule has 0 saturated heterocycles. The molecule has 0 fully saturated rings. The molecule has 22 heavy (non-hydrogen) atoms. The lowest BCUT2D eigenvalue weighted by Gasteiger charge is -2.14. The van der Waals surface area contributed by atoms with E-state index in [9.17, 15) is 17.6 Å². The van der Waals surface area contributed by atoms with Crippen LogP contribution in [0.3, 0.4) is 0 Å². The van der Waals surface area contributed by atoms with Crippen LogP contribution in [0.5, 0.6) is 0 Å². The Morgan fingerprint density at radius 1 is 1.18 bits per heavy atom. The number of nitrogens with two attached hydrogens (primary N) is 1. The quantitative estimate of drug-likeness (QED) is 0.875. The molecule has 0 spiro atoms. The number of sulfonamides is 1. The maximum Gasteiger partial charge on any atom is 0.341 e. The first kappa shape index (κ1) is 16.1. The fourth-order valence-corrected chi connectivity index (χ4v) is 2.39. The van der Waals surface area contributed by atoms with Crippen LogP contribution in [0, 0.1) is 5.82 Å². The number of ether oxygens (including phenoxy) is 1. The molecule has 0 unspecified atom stereocenters. The highest BCUT2D eigenvalue weighted by Crippen LogP contribution is 2.21. The summed E-state index contributed by atoms with van der Waals surface area (Å²) in [6.07, 6.45) is -0.605. The van der Waals surface area contributed by atoms with Crippen LogP contribution < -0.4 is 5.14 Å². The summed E-state index contributed by atoms with van der Waals surface area (Å²) in [5.41, 5.74) is 0.258. The summed E-state index contributed by atoms with van der Waals surface area (Å²) < 4.78 is 41.4. The second-order valence-corrected chi connectivity index (χ2v) is 6.21. The molecule has 7 heteroatoms. The SMILES string of the molecule is C[C@H](OC(=O)c1cc(S(N)(=O)=O)ccc1F)c1ccccc1. The molecule has 0 heterocycles. The van der Waals surface area contributed by atoms with Crippen molar-refractivity contribution in [2.45, 2.75) is 17.9 Å². The average molecular weight is 323 g/mol. The van der Waals surface area contributed by atoms with Crippen molar-refractivity contribution in [3.05, 3.63) is 65.5 Å². The highest BCUT2D eigenvalue weighted by Gasteiger charge is 2.20. The Balaban J connectivity index is 2.26. The first-order chi connectivity index (χ1) is 10.3. The Hall–Kier alpha value is -2.25. The molecule has 0 bridgehead atoms. The van der Waals surface area contributed by atoms with Crippen molar-refractivity contribution in [1.82, 2.24) is 0 Å². The third-order valence-corrected chi connectivity index (χ3v) is 3.95. The van der Waals surface area contributed by atoms with Crippen molar-refractivity contribution in [3.63, 3.8) is 0 Å². The van der Waals surface area contributed by atoms with Gasteiger partial charge < -0.3 is 4.74 Å². The largest absolute Gasteiger partial charge is 0.454 e.